The summed E-state index contributed by atoms with van der Waals surface area (Å²) in [5.41, 5.74) is 2.16. The Balaban J connectivity index is 1.68. The lowest BCUT2D eigenvalue weighted by Gasteiger charge is -2.35. The fraction of sp³-hybridized carbons (Fsp3) is 0.0769. The van der Waals surface area contributed by atoms with Crippen molar-refractivity contribution in [3.8, 4) is 5.88 Å². The van der Waals surface area contributed by atoms with Gasteiger partial charge in [-0.05, 0) is 16.7 Å². The second-order valence-electron chi connectivity index (χ2n) is 7.56. The van der Waals surface area contributed by atoms with Gasteiger partial charge in [-0.2, -0.15) is 0 Å². The van der Waals surface area contributed by atoms with Gasteiger partial charge in [-0.25, -0.2) is 14.5 Å². The molecular weight excluding hydrogens is 414 g/mol. The number of rotatable bonds is 6. The molecule has 0 unspecified atom stereocenters. The first-order valence-electron chi connectivity index (χ1n) is 10.5. The molecule has 0 aliphatic carbocycles. The van der Waals surface area contributed by atoms with Gasteiger partial charge >= 0.3 is 5.97 Å². The third-order valence-electron chi connectivity index (χ3n) is 5.59. The van der Waals surface area contributed by atoms with Crippen molar-refractivity contribution in [3.05, 3.63) is 132 Å². The Labute approximate surface area is 190 Å². The smallest absolute Gasteiger partial charge is 0.381 e. The van der Waals surface area contributed by atoms with Crippen LogP contribution in [-0.4, -0.2) is 30.5 Å². The Morgan fingerprint density at radius 2 is 1.33 bits per heavy atom. The first-order chi connectivity index (χ1) is 16.2. The van der Waals surface area contributed by atoms with E-state index in [1.807, 2.05) is 54.6 Å². The number of benzene rings is 3. The molecule has 2 aromatic heterocycles. The molecule has 0 bridgehead atoms. The van der Waals surface area contributed by atoms with Crippen LogP contribution < -0.4 is 4.74 Å². The second kappa shape index (κ2) is 8.55. The zero-order valence-corrected chi connectivity index (χ0v) is 17.9. The highest BCUT2D eigenvalue weighted by Gasteiger charge is 2.40. The van der Waals surface area contributed by atoms with Gasteiger partial charge < -0.3 is 9.30 Å². The summed E-state index contributed by atoms with van der Waals surface area (Å²) < 4.78 is 8.84. The highest BCUT2D eigenvalue weighted by atomic mass is 16.5. The van der Waals surface area contributed by atoms with Gasteiger partial charge in [0.1, 0.15) is 5.54 Å². The molecule has 0 radical (unpaired) electrons. The first-order valence-corrected chi connectivity index (χ1v) is 10.5. The molecule has 0 atom stereocenters. The van der Waals surface area contributed by atoms with Gasteiger partial charge in [0.25, 0.3) is 5.88 Å². The van der Waals surface area contributed by atoms with Crippen LogP contribution in [0.2, 0.25) is 0 Å². The van der Waals surface area contributed by atoms with Crippen molar-refractivity contribution in [2.75, 3.05) is 0 Å². The van der Waals surface area contributed by atoms with E-state index in [-0.39, 0.29) is 11.7 Å². The van der Waals surface area contributed by atoms with Crippen LogP contribution >= 0.6 is 0 Å². The third-order valence-corrected chi connectivity index (χ3v) is 5.59. The maximum absolute atomic E-state index is 12.6. The van der Waals surface area contributed by atoms with Crippen molar-refractivity contribution in [1.29, 1.82) is 0 Å². The first kappa shape index (κ1) is 20.4. The average molecular weight is 435 g/mol. The molecule has 5 rings (SSSR count). The van der Waals surface area contributed by atoms with Crippen LogP contribution in [0.3, 0.4) is 0 Å². The number of esters is 1. The molecule has 33 heavy (non-hydrogen) atoms. The summed E-state index contributed by atoms with van der Waals surface area (Å²) in [5.74, 6) is -0.320. The van der Waals surface area contributed by atoms with Crippen molar-refractivity contribution in [3.63, 3.8) is 0 Å². The van der Waals surface area contributed by atoms with Crippen molar-refractivity contribution < 1.29 is 9.53 Å². The molecule has 0 saturated carbocycles. The van der Waals surface area contributed by atoms with Crippen LogP contribution in [-0.2, 0) is 12.6 Å². The van der Waals surface area contributed by atoms with E-state index < -0.39 is 11.5 Å². The molecule has 0 saturated heterocycles. The topological polar surface area (TPSA) is 74.8 Å². The van der Waals surface area contributed by atoms with Crippen LogP contribution in [0.25, 0.3) is 0 Å². The zero-order valence-electron chi connectivity index (χ0n) is 17.9. The maximum Gasteiger partial charge on any atom is 0.381 e. The molecule has 5 aromatic rings. The van der Waals surface area contributed by atoms with E-state index in [0.717, 1.165) is 16.7 Å². The minimum Gasteiger partial charge on any atom is -0.398 e. The number of imidazole rings is 1. The Hall–Kier alpha value is -4.52. The molecular formula is C26H21N5O2. The van der Waals surface area contributed by atoms with Gasteiger partial charge in [-0.3, -0.25) is 0 Å². The highest BCUT2D eigenvalue weighted by Crippen LogP contribution is 2.40. The van der Waals surface area contributed by atoms with Crippen molar-refractivity contribution >= 4 is 5.97 Å². The Morgan fingerprint density at radius 3 is 1.79 bits per heavy atom. The zero-order chi connectivity index (χ0) is 22.7. The monoisotopic (exact) mass is 435 g/mol. The van der Waals surface area contributed by atoms with Crippen molar-refractivity contribution in [2.24, 2.45) is 7.05 Å². The summed E-state index contributed by atoms with van der Waals surface area (Å²) >= 11 is 0. The largest absolute Gasteiger partial charge is 0.398 e. The van der Waals surface area contributed by atoms with Crippen molar-refractivity contribution in [1.82, 2.24) is 24.5 Å². The highest BCUT2D eigenvalue weighted by molar-refractivity contribution is 5.87. The van der Waals surface area contributed by atoms with E-state index in [0.29, 0.717) is 0 Å². The maximum atomic E-state index is 12.6. The SMILES string of the molecule is Cn1ccnc1C(=O)Oc1cn(C(c2ccccc2)(c2ccccc2)c2ccccc2)nn1. The average Bonchev–Trinajstić information content (AvgIpc) is 3.51. The minimum atomic E-state index is -0.829. The number of carbonyl (C=O) groups is 1. The van der Waals surface area contributed by atoms with Crippen LogP contribution in [0.15, 0.2) is 110 Å². The van der Waals surface area contributed by atoms with Crippen LogP contribution in [0.5, 0.6) is 5.88 Å². The number of carbonyl (C=O) groups excluding carboxylic acids is 1. The summed E-state index contributed by atoms with van der Waals surface area (Å²) in [6, 6.07) is 30.2. The van der Waals surface area contributed by atoms with Gasteiger partial charge in [-0.1, -0.05) is 101 Å². The van der Waals surface area contributed by atoms with Gasteiger partial charge in [0, 0.05) is 19.4 Å². The molecule has 0 aliphatic heterocycles. The van der Waals surface area contributed by atoms with E-state index >= 15 is 0 Å². The van der Waals surface area contributed by atoms with Crippen LogP contribution in [0, 0.1) is 0 Å². The fourth-order valence-electron chi connectivity index (χ4n) is 4.10. The molecule has 0 spiro atoms. The summed E-state index contributed by atoms with van der Waals surface area (Å²) in [5, 5.41) is 8.61. The lowest BCUT2D eigenvalue weighted by atomic mass is 9.77. The lowest BCUT2D eigenvalue weighted by Crippen LogP contribution is -2.38. The molecule has 7 heteroatoms. The van der Waals surface area contributed by atoms with Gasteiger partial charge in [0.05, 0.1) is 6.20 Å². The number of ether oxygens (including phenoxy) is 1. The van der Waals surface area contributed by atoms with E-state index in [9.17, 15) is 4.79 Å². The van der Waals surface area contributed by atoms with E-state index in [4.69, 9.17) is 4.74 Å². The Kier molecular flexibility index (Phi) is 5.28. The number of hydrogen-bond donors (Lipinski definition) is 0. The normalized spacial score (nSPS) is 11.3. The van der Waals surface area contributed by atoms with Gasteiger partial charge in [0.2, 0.25) is 5.82 Å². The fourth-order valence-corrected chi connectivity index (χ4v) is 4.10. The molecule has 0 aliphatic rings. The second-order valence-corrected chi connectivity index (χ2v) is 7.56. The summed E-state index contributed by atoms with van der Waals surface area (Å²) in [7, 11) is 1.73. The number of hydrogen-bond acceptors (Lipinski definition) is 5. The Morgan fingerprint density at radius 1 is 0.818 bits per heavy atom. The Bertz CT molecular complexity index is 1260. The number of aryl methyl sites for hydroxylation is 1. The molecule has 162 valence electrons. The number of aromatic nitrogens is 5. The molecule has 3 aromatic carbocycles. The quantitative estimate of drug-likeness (QED) is 0.297. The molecule has 7 nitrogen and oxygen atoms in total. The molecule has 0 fully saturated rings. The predicted octanol–water partition coefficient (Wildman–Crippen LogP) is 4.07. The summed E-state index contributed by atoms with van der Waals surface area (Å²) in [4.78, 5) is 16.6. The van der Waals surface area contributed by atoms with E-state index in [1.54, 1.807) is 34.9 Å². The van der Waals surface area contributed by atoms with Crippen LogP contribution in [0.1, 0.15) is 27.3 Å². The predicted molar refractivity (Wildman–Crippen MR) is 123 cm³/mol. The minimum absolute atomic E-state index is 0.0927. The van der Waals surface area contributed by atoms with Crippen molar-refractivity contribution in [2.45, 2.75) is 5.54 Å². The molecule has 0 N–H and O–H groups in total. The summed E-state index contributed by atoms with van der Waals surface area (Å²) in [6.07, 6.45) is 4.87. The van der Waals surface area contributed by atoms with E-state index in [2.05, 4.69) is 51.7 Å². The van der Waals surface area contributed by atoms with Crippen LogP contribution in [0.4, 0.5) is 0 Å². The standard InChI is InChI=1S/C26H21N5O2/c1-30-18-17-27-24(30)25(32)33-23-19-31(29-28-23)26(20-11-5-2-6-12-20,21-13-7-3-8-14-21)22-15-9-4-10-16-22/h2-19H,1H3. The molecule has 2 heterocycles. The van der Waals surface area contributed by atoms with Gasteiger partial charge in [0.15, 0.2) is 0 Å². The third kappa shape index (κ3) is 3.59. The van der Waals surface area contributed by atoms with Gasteiger partial charge in [-0.15, -0.1) is 0 Å². The lowest BCUT2D eigenvalue weighted by molar-refractivity contribution is 0.0710. The van der Waals surface area contributed by atoms with E-state index in [1.165, 1.54) is 0 Å². The summed E-state index contributed by atoms with van der Waals surface area (Å²) in [6.45, 7) is 0. The molecule has 0 amide bonds. The number of nitrogens with zero attached hydrogens (tertiary/aromatic N) is 5.